The highest BCUT2D eigenvalue weighted by Gasteiger charge is 2.19. The van der Waals surface area contributed by atoms with Gasteiger partial charge in [0.25, 0.3) is 5.56 Å². The number of nitriles is 1. The molecule has 0 radical (unpaired) electrons. The maximum atomic E-state index is 13.3. The van der Waals surface area contributed by atoms with Crippen molar-refractivity contribution in [2.75, 3.05) is 17.2 Å². The van der Waals surface area contributed by atoms with Gasteiger partial charge < -0.3 is 4.90 Å². The van der Waals surface area contributed by atoms with E-state index < -0.39 is 0 Å². The molecule has 4 rings (SSSR count). The normalized spacial score (nSPS) is 10.8. The van der Waals surface area contributed by atoms with Crippen molar-refractivity contribution in [1.29, 1.82) is 5.26 Å². The van der Waals surface area contributed by atoms with Gasteiger partial charge in [-0.05, 0) is 48.9 Å². The lowest BCUT2D eigenvalue weighted by molar-refractivity contribution is -0.116. The first-order chi connectivity index (χ1) is 17.0. The minimum Gasteiger partial charge on any atom is -0.311 e. The Bertz CT molecular complexity index is 1440. The summed E-state index contributed by atoms with van der Waals surface area (Å²) in [7, 11) is 0. The van der Waals surface area contributed by atoms with Crippen molar-refractivity contribution in [2.45, 2.75) is 25.0 Å². The lowest BCUT2D eigenvalue weighted by Gasteiger charge is -2.22. The lowest BCUT2D eigenvalue weighted by Crippen LogP contribution is -2.33. The number of carbonyl (C=O) groups excluding carboxylic acids is 1. The summed E-state index contributed by atoms with van der Waals surface area (Å²) in [5, 5.41) is 10.7. The first-order valence-electron chi connectivity index (χ1n) is 11.1. The molecule has 6 nitrogen and oxygen atoms in total. The lowest BCUT2D eigenvalue weighted by atomic mass is 10.2. The molecule has 8 heteroatoms. The average molecular weight is 503 g/mol. The van der Waals surface area contributed by atoms with E-state index in [1.165, 1.54) is 11.8 Å². The van der Waals surface area contributed by atoms with Crippen LogP contribution in [-0.4, -0.2) is 27.8 Å². The molecule has 1 amide bonds. The van der Waals surface area contributed by atoms with Gasteiger partial charge in [-0.3, -0.25) is 14.2 Å². The number of hydrogen-bond donors (Lipinski definition) is 0. The summed E-state index contributed by atoms with van der Waals surface area (Å²) in [6.45, 7) is 2.58. The number of amides is 1. The fraction of sp³-hybridized carbons (Fsp3) is 0.185. The van der Waals surface area contributed by atoms with Gasteiger partial charge in [0.05, 0.1) is 35.7 Å². The number of anilines is 1. The molecule has 1 heterocycles. The van der Waals surface area contributed by atoms with Crippen molar-refractivity contribution in [2.24, 2.45) is 0 Å². The van der Waals surface area contributed by atoms with Gasteiger partial charge in [-0.25, -0.2) is 4.98 Å². The summed E-state index contributed by atoms with van der Waals surface area (Å²) in [6.07, 6.45) is 0.222. The van der Waals surface area contributed by atoms with Crippen molar-refractivity contribution >= 4 is 45.9 Å². The van der Waals surface area contributed by atoms with Crippen LogP contribution in [0.15, 0.2) is 82.7 Å². The van der Waals surface area contributed by atoms with Crippen LogP contribution in [0.5, 0.6) is 0 Å². The van der Waals surface area contributed by atoms with Gasteiger partial charge in [-0.2, -0.15) is 5.26 Å². The molecule has 0 spiro atoms. The number of fused-ring (bicyclic) bond motifs is 1. The van der Waals surface area contributed by atoms with Crippen LogP contribution in [-0.2, 0) is 11.3 Å². The van der Waals surface area contributed by atoms with E-state index in [4.69, 9.17) is 21.8 Å². The van der Waals surface area contributed by atoms with E-state index in [9.17, 15) is 9.59 Å². The highest BCUT2D eigenvalue weighted by molar-refractivity contribution is 7.99. The van der Waals surface area contributed by atoms with Crippen molar-refractivity contribution in [3.05, 3.63) is 99.3 Å². The molecule has 176 valence electrons. The highest BCUT2D eigenvalue weighted by Crippen LogP contribution is 2.22. The molecule has 0 unspecified atom stereocenters. The quantitative estimate of drug-likeness (QED) is 0.236. The number of aromatic nitrogens is 2. The van der Waals surface area contributed by atoms with Gasteiger partial charge in [0, 0.05) is 17.3 Å². The van der Waals surface area contributed by atoms with Crippen molar-refractivity contribution < 1.29 is 4.79 Å². The average Bonchev–Trinajstić information content (AvgIpc) is 2.87. The zero-order valence-electron chi connectivity index (χ0n) is 19.1. The largest absolute Gasteiger partial charge is 0.311 e. The molecule has 0 atom stereocenters. The Labute approximate surface area is 212 Å². The van der Waals surface area contributed by atoms with Crippen LogP contribution in [0, 0.1) is 18.3 Å². The van der Waals surface area contributed by atoms with E-state index in [2.05, 4.69) is 6.07 Å². The zero-order chi connectivity index (χ0) is 24.8. The smallest absolute Gasteiger partial charge is 0.262 e. The summed E-state index contributed by atoms with van der Waals surface area (Å²) < 4.78 is 1.59. The fourth-order valence-corrected chi connectivity index (χ4v) is 4.66. The molecule has 35 heavy (non-hydrogen) atoms. The molecule has 0 fully saturated rings. The van der Waals surface area contributed by atoms with E-state index >= 15 is 0 Å². The second-order valence-corrected chi connectivity index (χ2v) is 9.39. The van der Waals surface area contributed by atoms with Crippen LogP contribution in [0.2, 0.25) is 5.02 Å². The van der Waals surface area contributed by atoms with Gasteiger partial charge in [0.2, 0.25) is 5.91 Å². The second kappa shape index (κ2) is 11.2. The number of benzene rings is 3. The molecule has 0 aliphatic rings. The fourth-order valence-electron chi connectivity index (χ4n) is 3.66. The van der Waals surface area contributed by atoms with E-state index in [-0.39, 0.29) is 23.6 Å². The van der Waals surface area contributed by atoms with Crippen LogP contribution in [0.3, 0.4) is 0 Å². The first-order valence-corrected chi connectivity index (χ1v) is 12.4. The van der Waals surface area contributed by atoms with Gasteiger partial charge in [0.15, 0.2) is 5.16 Å². The second-order valence-electron chi connectivity index (χ2n) is 8.01. The zero-order valence-corrected chi connectivity index (χ0v) is 20.7. The Morgan fingerprint density at radius 2 is 1.80 bits per heavy atom. The molecule has 0 saturated heterocycles. The van der Waals surface area contributed by atoms with E-state index in [0.29, 0.717) is 34.2 Å². The minimum atomic E-state index is -0.166. The molecule has 4 aromatic rings. The molecular weight excluding hydrogens is 480 g/mol. The van der Waals surface area contributed by atoms with Crippen LogP contribution in [0.25, 0.3) is 10.9 Å². The van der Waals surface area contributed by atoms with Gasteiger partial charge >= 0.3 is 0 Å². The van der Waals surface area contributed by atoms with Crippen LogP contribution >= 0.6 is 23.4 Å². The molecule has 0 N–H and O–H groups in total. The Balaban J connectivity index is 1.64. The number of rotatable bonds is 8. The third-order valence-electron chi connectivity index (χ3n) is 5.50. The molecule has 0 aliphatic carbocycles. The topological polar surface area (TPSA) is 79.0 Å². The van der Waals surface area contributed by atoms with E-state index in [0.717, 1.165) is 16.8 Å². The molecule has 0 saturated carbocycles. The molecular formula is C27H23ClN4O2S. The number of halogens is 1. The Morgan fingerprint density at radius 1 is 1.09 bits per heavy atom. The Kier molecular flexibility index (Phi) is 7.86. The minimum absolute atomic E-state index is 0.0741. The SMILES string of the molecule is Cc1ccc(N(CCC#N)C(=O)CSc2nc3ccccc3c(=O)n2Cc2ccc(Cl)cc2)cc1. The van der Waals surface area contributed by atoms with Crippen LogP contribution in [0.1, 0.15) is 17.5 Å². The third-order valence-corrected chi connectivity index (χ3v) is 6.71. The molecule has 0 bridgehead atoms. The van der Waals surface area contributed by atoms with Crippen molar-refractivity contribution in [1.82, 2.24) is 9.55 Å². The summed E-state index contributed by atoms with van der Waals surface area (Å²) in [6, 6.07) is 24.2. The van der Waals surface area contributed by atoms with E-state index in [1.54, 1.807) is 33.7 Å². The van der Waals surface area contributed by atoms with Crippen LogP contribution < -0.4 is 10.5 Å². The number of aryl methyl sites for hydroxylation is 1. The summed E-state index contributed by atoms with van der Waals surface area (Å²) in [5.41, 5.74) is 3.14. The van der Waals surface area contributed by atoms with Crippen molar-refractivity contribution in [3.8, 4) is 6.07 Å². The number of carbonyl (C=O) groups is 1. The van der Waals surface area contributed by atoms with Gasteiger partial charge in [-0.1, -0.05) is 65.3 Å². The maximum absolute atomic E-state index is 13.3. The number of para-hydroxylation sites is 1. The van der Waals surface area contributed by atoms with Crippen LogP contribution in [0.4, 0.5) is 5.69 Å². The molecule has 1 aromatic heterocycles. The number of nitrogens with zero attached hydrogens (tertiary/aromatic N) is 4. The number of hydrogen-bond acceptors (Lipinski definition) is 5. The van der Waals surface area contributed by atoms with Crippen molar-refractivity contribution in [3.63, 3.8) is 0 Å². The monoisotopic (exact) mass is 502 g/mol. The summed E-state index contributed by atoms with van der Waals surface area (Å²) in [4.78, 5) is 32.9. The predicted octanol–water partition coefficient (Wildman–Crippen LogP) is 5.45. The Morgan fingerprint density at radius 3 is 2.51 bits per heavy atom. The molecule has 3 aromatic carbocycles. The van der Waals surface area contributed by atoms with Gasteiger partial charge in [0.1, 0.15) is 0 Å². The predicted molar refractivity (Wildman–Crippen MR) is 141 cm³/mol. The highest BCUT2D eigenvalue weighted by atomic mass is 35.5. The summed E-state index contributed by atoms with van der Waals surface area (Å²) >= 11 is 7.24. The Hall–Kier alpha value is -3.60. The third kappa shape index (κ3) is 5.91. The standard InChI is InChI=1S/C27H23ClN4O2S/c1-19-7-13-22(14-8-19)31(16-4-15-29)25(33)18-35-27-30-24-6-3-2-5-23(24)26(34)32(27)17-20-9-11-21(28)12-10-20/h2-3,5-14H,4,16-18H2,1H3. The van der Waals surface area contributed by atoms with Gasteiger partial charge in [-0.15, -0.1) is 0 Å². The molecule has 0 aliphatic heterocycles. The summed E-state index contributed by atoms with van der Waals surface area (Å²) in [5.74, 6) is -0.0837. The van der Waals surface area contributed by atoms with E-state index in [1.807, 2.05) is 55.5 Å². The first kappa shape index (κ1) is 24.5. The maximum Gasteiger partial charge on any atom is 0.262 e. The number of thioether (sulfide) groups is 1.